The topological polar surface area (TPSA) is 48.1 Å². The first-order chi connectivity index (χ1) is 7.85. The van der Waals surface area contributed by atoms with Crippen molar-refractivity contribution in [2.45, 2.75) is 6.54 Å². The number of ether oxygens (including phenoxy) is 1. The first-order valence-electron chi connectivity index (χ1n) is 5.12. The fourth-order valence-electron chi connectivity index (χ4n) is 1.66. The van der Waals surface area contributed by atoms with E-state index in [-0.39, 0.29) is 0 Å². The van der Waals surface area contributed by atoms with Crippen molar-refractivity contribution in [3.8, 4) is 16.9 Å². The number of nitrogens with two attached hydrogens (primary N) is 1. The Morgan fingerprint density at radius 2 is 2.06 bits per heavy atom. The zero-order chi connectivity index (χ0) is 11.4. The third-order valence-corrected chi connectivity index (χ3v) is 2.50. The highest BCUT2D eigenvalue weighted by molar-refractivity contribution is 5.67. The van der Waals surface area contributed by atoms with Crippen LogP contribution in [0.15, 0.2) is 42.7 Å². The van der Waals surface area contributed by atoms with Crippen molar-refractivity contribution < 1.29 is 4.74 Å². The van der Waals surface area contributed by atoms with E-state index in [1.807, 2.05) is 36.5 Å². The van der Waals surface area contributed by atoms with E-state index in [0.717, 1.165) is 22.4 Å². The zero-order valence-corrected chi connectivity index (χ0v) is 9.18. The molecule has 0 aliphatic rings. The van der Waals surface area contributed by atoms with Crippen LogP contribution in [0.3, 0.4) is 0 Å². The summed E-state index contributed by atoms with van der Waals surface area (Å²) in [5.74, 6) is 0.754. The van der Waals surface area contributed by atoms with Gasteiger partial charge in [-0.15, -0.1) is 0 Å². The Morgan fingerprint density at radius 3 is 2.81 bits per heavy atom. The first-order valence-corrected chi connectivity index (χ1v) is 5.12. The molecule has 0 fully saturated rings. The van der Waals surface area contributed by atoms with Crippen LogP contribution < -0.4 is 10.5 Å². The van der Waals surface area contributed by atoms with Gasteiger partial charge in [-0.25, -0.2) is 0 Å². The monoisotopic (exact) mass is 214 g/mol. The normalized spacial score (nSPS) is 10.1. The smallest absolute Gasteiger partial charge is 0.137 e. The largest absolute Gasteiger partial charge is 0.495 e. The molecule has 0 aliphatic heterocycles. The standard InChI is InChI=1S/C13H14N2O/c1-16-12-6-11(8-15-9-12)13-5-3-2-4-10(13)7-14/h2-6,8-9H,7,14H2,1H3. The second kappa shape index (κ2) is 4.77. The highest BCUT2D eigenvalue weighted by Gasteiger charge is 2.04. The molecule has 0 unspecified atom stereocenters. The molecular weight excluding hydrogens is 200 g/mol. The molecule has 3 nitrogen and oxygen atoms in total. The van der Waals surface area contributed by atoms with E-state index in [1.165, 1.54) is 0 Å². The summed E-state index contributed by atoms with van der Waals surface area (Å²) in [5.41, 5.74) is 8.95. The van der Waals surface area contributed by atoms with Crippen molar-refractivity contribution in [1.29, 1.82) is 0 Å². The van der Waals surface area contributed by atoms with Crippen molar-refractivity contribution in [3.05, 3.63) is 48.3 Å². The number of hydrogen-bond donors (Lipinski definition) is 1. The van der Waals surface area contributed by atoms with Crippen LogP contribution in [0.1, 0.15) is 5.56 Å². The summed E-state index contributed by atoms with van der Waals surface area (Å²) < 4.78 is 5.16. The molecule has 0 saturated carbocycles. The van der Waals surface area contributed by atoms with Gasteiger partial charge in [0, 0.05) is 18.3 Å². The summed E-state index contributed by atoms with van der Waals surface area (Å²) in [6.07, 6.45) is 3.51. The van der Waals surface area contributed by atoms with Gasteiger partial charge in [0.1, 0.15) is 5.75 Å². The van der Waals surface area contributed by atoms with Crippen LogP contribution in [-0.4, -0.2) is 12.1 Å². The molecule has 0 amide bonds. The molecule has 1 heterocycles. The van der Waals surface area contributed by atoms with Crippen LogP contribution in [0.25, 0.3) is 11.1 Å². The molecule has 82 valence electrons. The lowest BCUT2D eigenvalue weighted by Gasteiger charge is -2.08. The van der Waals surface area contributed by atoms with E-state index in [2.05, 4.69) is 4.98 Å². The minimum Gasteiger partial charge on any atom is -0.495 e. The number of methoxy groups -OCH3 is 1. The third-order valence-electron chi connectivity index (χ3n) is 2.50. The molecular formula is C13H14N2O. The number of hydrogen-bond acceptors (Lipinski definition) is 3. The highest BCUT2D eigenvalue weighted by Crippen LogP contribution is 2.25. The zero-order valence-electron chi connectivity index (χ0n) is 9.18. The van der Waals surface area contributed by atoms with Crippen LogP contribution in [0, 0.1) is 0 Å². The van der Waals surface area contributed by atoms with E-state index in [4.69, 9.17) is 10.5 Å². The Labute approximate surface area is 94.9 Å². The maximum Gasteiger partial charge on any atom is 0.137 e. The lowest BCUT2D eigenvalue weighted by atomic mass is 10.0. The molecule has 0 atom stereocenters. The van der Waals surface area contributed by atoms with Crippen molar-refractivity contribution in [3.63, 3.8) is 0 Å². The molecule has 0 spiro atoms. The Morgan fingerprint density at radius 1 is 1.25 bits per heavy atom. The van der Waals surface area contributed by atoms with Crippen molar-refractivity contribution in [2.75, 3.05) is 7.11 Å². The summed E-state index contributed by atoms with van der Waals surface area (Å²) in [4.78, 5) is 4.14. The highest BCUT2D eigenvalue weighted by atomic mass is 16.5. The Balaban J connectivity index is 2.49. The van der Waals surface area contributed by atoms with Crippen LogP contribution in [0.2, 0.25) is 0 Å². The van der Waals surface area contributed by atoms with Gasteiger partial charge in [0.25, 0.3) is 0 Å². The molecule has 1 aromatic heterocycles. The second-order valence-corrected chi connectivity index (χ2v) is 3.47. The number of benzene rings is 1. The van der Waals surface area contributed by atoms with E-state index in [1.54, 1.807) is 13.3 Å². The van der Waals surface area contributed by atoms with Gasteiger partial charge in [-0.2, -0.15) is 0 Å². The minimum atomic E-state index is 0.521. The summed E-state index contributed by atoms with van der Waals surface area (Å²) in [6.45, 7) is 0.521. The fourth-order valence-corrected chi connectivity index (χ4v) is 1.66. The van der Waals surface area contributed by atoms with Crippen LogP contribution >= 0.6 is 0 Å². The minimum absolute atomic E-state index is 0.521. The molecule has 2 N–H and O–H groups in total. The van der Waals surface area contributed by atoms with Gasteiger partial charge >= 0.3 is 0 Å². The fraction of sp³-hybridized carbons (Fsp3) is 0.154. The summed E-state index contributed by atoms with van der Waals surface area (Å²) in [7, 11) is 1.63. The van der Waals surface area contributed by atoms with Gasteiger partial charge in [0.2, 0.25) is 0 Å². The van der Waals surface area contributed by atoms with E-state index in [0.29, 0.717) is 6.54 Å². The van der Waals surface area contributed by atoms with Crippen molar-refractivity contribution in [2.24, 2.45) is 5.73 Å². The van der Waals surface area contributed by atoms with Gasteiger partial charge < -0.3 is 10.5 Å². The lowest BCUT2D eigenvalue weighted by Crippen LogP contribution is -1.98. The molecule has 0 bridgehead atoms. The molecule has 1 aromatic carbocycles. The SMILES string of the molecule is COc1cncc(-c2ccccc2CN)c1. The van der Waals surface area contributed by atoms with Gasteiger partial charge in [-0.05, 0) is 17.2 Å². The summed E-state index contributed by atoms with van der Waals surface area (Å²) >= 11 is 0. The maximum atomic E-state index is 5.71. The maximum absolute atomic E-state index is 5.71. The average Bonchev–Trinajstić information content (AvgIpc) is 2.38. The summed E-state index contributed by atoms with van der Waals surface area (Å²) in [6, 6.07) is 10.0. The van der Waals surface area contributed by atoms with E-state index < -0.39 is 0 Å². The molecule has 16 heavy (non-hydrogen) atoms. The van der Waals surface area contributed by atoms with Crippen LogP contribution in [0.5, 0.6) is 5.75 Å². The molecule has 3 heteroatoms. The number of pyridine rings is 1. The predicted molar refractivity (Wildman–Crippen MR) is 64.1 cm³/mol. The van der Waals surface area contributed by atoms with Crippen molar-refractivity contribution in [1.82, 2.24) is 4.98 Å². The quantitative estimate of drug-likeness (QED) is 0.852. The molecule has 2 aromatic rings. The van der Waals surface area contributed by atoms with Gasteiger partial charge in [0.05, 0.1) is 13.3 Å². The Kier molecular flexibility index (Phi) is 3.17. The van der Waals surface area contributed by atoms with Crippen molar-refractivity contribution >= 4 is 0 Å². The van der Waals surface area contributed by atoms with Gasteiger partial charge in [-0.3, -0.25) is 4.98 Å². The first kappa shape index (κ1) is 10.6. The van der Waals surface area contributed by atoms with Gasteiger partial charge in [0.15, 0.2) is 0 Å². The Bertz CT molecular complexity index is 483. The average molecular weight is 214 g/mol. The van der Waals surface area contributed by atoms with E-state index in [9.17, 15) is 0 Å². The molecule has 0 radical (unpaired) electrons. The molecule has 0 aliphatic carbocycles. The number of aromatic nitrogens is 1. The van der Waals surface area contributed by atoms with Crippen LogP contribution in [0.4, 0.5) is 0 Å². The molecule has 0 saturated heterocycles. The number of rotatable bonds is 3. The third kappa shape index (κ3) is 2.04. The predicted octanol–water partition coefficient (Wildman–Crippen LogP) is 2.22. The lowest BCUT2D eigenvalue weighted by molar-refractivity contribution is 0.413. The Hall–Kier alpha value is -1.87. The van der Waals surface area contributed by atoms with Gasteiger partial charge in [-0.1, -0.05) is 24.3 Å². The number of nitrogens with zero attached hydrogens (tertiary/aromatic N) is 1. The van der Waals surface area contributed by atoms with E-state index >= 15 is 0 Å². The summed E-state index contributed by atoms with van der Waals surface area (Å²) in [5, 5.41) is 0. The molecule has 2 rings (SSSR count). The second-order valence-electron chi connectivity index (χ2n) is 3.47. The van der Waals surface area contributed by atoms with Crippen LogP contribution in [-0.2, 0) is 6.54 Å².